The highest BCUT2D eigenvalue weighted by Gasteiger charge is 2.38. The maximum absolute atomic E-state index is 12.9. The maximum atomic E-state index is 12.9. The Morgan fingerprint density at radius 1 is 1.12 bits per heavy atom. The molecule has 1 aliphatic heterocycles. The number of alkyl halides is 3. The summed E-state index contributed by atoms with van der Waals surface area (Å²) in [5.41, 5.74) is 0.828. The number of halogens is 3. The van der Waals surface area contributed by atoms with E-state index in [0.29, 0.717) is 12.6 Å². The Morgan fingerprint density at radius 3 is 2.39 bits per heavy atom. The standard InChI is InChI=1S/C26H33F3N2O2/c1-4-33-24(32)25(2,3)31-16-14-23(15-17-31)30-18-19-8-10-21(11-9-19)20-6-5-7-22(13-12-20)26(27,28)29/h5-13,20,23,30H,4,14-18H2,1-3H3. The van der Waals surface area contributed by atoms with Crippen LogP contribution >= 0.6 is 0 Å². The van der Waals surface area contributed by atoms with Gasteiger partial charge in [-0.1, -0.05) is 54.6 Å². The van der Waals surface area contributed by atoms with E-state index < -0.39 is 17.3 Å². The first kappa shape index (κ1) is 25.2. The summed E-state index contributed by atoms with van der Waals surface area (Å²) in [7, 11) is 0. The first-order valence-corrected chi connectivity index (χ1v) is 11.5. The van der Waals surface area contributed by atoms with Crippen LogP contribution in [0.3, 0.4) is 0 Å². The van der Waals surface area contributed by atoms with Gasteiger partial charge >= 0.3 is 12.1 Å². The predicted octanol–water partition coefficient (Wildman–Crippen LogP) is 5.28. The molecule has 0 radical (unpaired) electrons. The molecule has 0 saturated carbocycles. The fourth-order valence-corrected chi connectivity index (χ4v) is 4.22. The average Bonchev–Trinajstić information content (AvgIpc) is 3.05. The summed E-state index contributed by atoms with van der Waals surface area (Å²) in [4.78, 5) is 14.4. The zero-order valence-electron chi connectivity index (χ0n) is 19.5. The normalized spacial score (nSPS) is 20.4. The van der Waals surface area contributed by atoms with Crippen molar-refractivity contribution in [1.29, 1.82) is 0 Å². The van der Waals surface area contributed by atoms with Crippen LogP contribution in [-0.4, -0.2) is 48.3 Å². The Hall–Kier alpha value is -2.38. The number of nitrogens with zero attached hydrogens (tertiary/aromatic N) is 1. The molecule has 7 heteroatoms. The van der Waals surface area contributed by atoms with Crippen LogP contribution in [0.1, 0.15) is 50.7 Å². The number of nitrogens with one attached hydrogen (secondary N) is 1. The summed E-state index contributed by atoms with van der Waals surface area (Å²) < 4.78 is 43.9. The fourth-order valence-electron chi connectivity index (χ4n) is 4.22. The molecule has 3 rings (SSSR count). The fraction of sp³-hybridized carbons (Fsp3) is 0.500. The van der Waals surface area contributed by atoms with Crippen LogP contribution in [0.2, 0.25) is 0 Å². The lowest BCUT2D eigenvalue weighted by atomic mass is 9.95. The number of piperidine rings is 1. The van der Waals surface area contributed by atoms with E-state index >= 15 is 0 Å². The number of carbonyl (C=O) groups excluding carboxylic acids is 1. The summed E-state index contributed by atoms with van der Waals surface area (Å²) in [5.74, 6) is -0.365. The molecular formula is C26H33F3N2O2. The van der Waals surface area contributed by atoms with Crippen molar-refractivity contribution < 1.29 is 22.7 Å². The van der Waals surface area contributed by atoms with Crippen molar-refractivity contribution in [3.05, 3.63) is 71.3 Å². The Balaban J connectivity index is 1.49. The molecule has 1 heterocycles. The van der Waals surface area contributed by atoms with Gasteiger partial charge in [0.25, 0.3) is 0 Å². The third-order valence-corrected chi connectivity index (χ3v) is 6.42. The second kappa shape index (κ2) is 10.7. The van der Waals surface area contributed by atoms with E-state index in [1.807, 2.05) is 45.0 Å². The van der Waals surface area contributed by atoms with Gasteiger partial charge in [0.2, 0.25) is 0 Å². The summed E-state index contributed by atoms with van der Waals surface area (Å²) in [6.07, 6.45) is 4.65. The molecule has 0 spiro atoms. The highest BCUT2D eigenvalue weighted by Crippen LogP contribution is 2.30. The molecule has 0 bridgehead atoms. The molecule has 1 atom stereocenters. The van der Waals surface area contributed by atoms with Crippen molar-refractivity contribution in [2.75, 3.05) is 19.7 Å². The molecule has 0 amide bonds. The zero-order valence-corrected chi connectivity index (χ0v) is 19.5. The van der Waals surface area contributed by atoms with Crippen LogP contribution in [0.4, 0.5) is 13.2 Å². The van der Waals surface area contributed by atoms with Gasteiger partial charge in [0.1, 0.15) is 5.54 Å². The first-order valence-electron chi connectivity index (χ1n) is 11.5. The maximum Gasteiger partial charge on any atom is 0.416 e. The highest BCUT2D eigenvalue weighted by atomic mass is 19.4. The van der Waals surface area contributed by atoms with Crippen LogP contribution < -0.4 is 5.32 Å². The number of hydrogen-bond acceptors (Lipinski definition) is 4. The van der Waals surface area contributed by atoms with Crippen molar-refractivity contribution in [3.63, 3.8) is 0 Å². The smallest absolute Gasteiger partial charge is 0.416 e. The molecule has 2 aliphatic rings. The summed E-state index contributed by atoms with van der Waals surface area (Å²) in [5, 5.41) is 3.59. The largest absolute Gasteiger partial charge is 0.465 e. The van der Waals surface area contributed by atoms with Crippen LogP contribution in [0.25, 0.3) is 0 Å². The molecule has 0 aromatic heterocycles. The number of benzene rings is 1. The zero-order chi connectivity index (χ0) is 24.1. The predicted molar refractivity (Wildman–Crippen MR) is 124 cm³/mol. The SMILES string of the molecule is CCOC(=O)C(C)(C)N1CCC(NCc2ccc(C3C=CC=C(C(F)(F)F)C=C3)cc2)CC1. The quantitative estimate of drug-likeness (QED) is 0.560. The molecule has 1 N–H and O–H groups in total. The molecular weight excluding hydrogens is 429 g/mol. The van der Waals surface area contributed by atoms with Crippen LogP contribution in [0.15, 0.2) is 60.2 Å². The average molecular weight is 463 g/mol. The molecule has 1 saturated heterocycles. The first-order chi connectivity index (χ1) is 15.6. The number of rotatable bonds is 7. The van der Waals surface area contributed by atoms with Crippen LogP contribution in [-0.2, 0) is 16.1 Å². The number of esters is 1. The minimum Gasteiger partial charge on any atom is -0.465 e. The minimum atomic E-state index is -4.34. The van der Waals surface area contributed by atoms with E-state index in [0.717, 1.165) is 55.8 Å². The summed E-state index contributed by atoms with van der Waals surface area (Å²) in [6, 6.07) is 8.36. The Bertz CT molecular complexity index is 893. The molecule has 1 fully saturated rings. The van der Waals surface area contributed by atoms with Gasteiger partial charge in [0.05, 0.1) is 12.2 Å². The Kier molecular flexibility index (Phi) is 8.19. The lowest BCUT2D eigenvalue weighted by Crippen LogP contribution is -2.55. The number of hydrogen-bond donors (Lipinski definition) is 1. The third kappa shape index (κ3) is 6.58. The second-order valence-electron chi connectivity index (χ2n) is 9.05. The molecule has 1 unspecified atom stereocenters. The Morgan fingerprint density at radius 2 is 1.79 bits per heavy atom. The summed E-state index contributed by atoms with van der Waals surface area (Å²) in [6.45, 7) is 8.42. The summed E-state index contributed by atoms with van der Waals surface area (Å²) >= 11 is 0. The highest BCUT2D eigenvalue weighted by molar-refractivity contribution is 5.79. The monoisotopic (exact) mass is 462 g/mol. The number of likely N-dealkylation sites (tertiary alicyclic amines) is 1. The molecule has 33 heavy (non-hydrogen) atoms. The van der Waals surface area contributed by atoms with Gasteiger partial charge in [0, 0.05) is 31.6 Å². The van der Waals surface area contributed by atoms with E-state index in [2.05, 4.69) is 10.2 Å². The van der Waals surface area contributed by atoms with Gasteiger partial charge in [-0.2, -0.15) is 13.2 Å². The van der Waals surface area contributed by atoms with Gasteiger partial charge in [-0.05, 0) is 44.7 Å². The van der Waals surface area contributed by atoms with Crippen molar-refractivity contribution in [2.24, 2.45) is 0 Å². The molecule has 1 aliphatic carbocycles. The van der Waals surface area contributed by atoms with Gasteiger partial charge in [-0.25, -0.2) is 0 Å². The van der Waals surface area contributed by atoms with Gasteiger partial charge < -0.3 is 10.1 Å². The third-order valence-electron chi connectivity index (χ3n) is 6.42. The lowest BCUT2D eigenvalue weighted by molar-refractivity contribution is -0.156. The van der Waals surface area contributed by atoms with Gasteiger partial charge in [-0.15, -0.1) is 0 Å². The lowest BCUT2D eigenvalue weighted by Gasteiger charge is -2.41. The van der Waals surface area contributed by atoms with Gasteiger partial charge in [0.15, 0.2) is 0 Å². The van der Waals surface area contributed by atoms with E-state index in [1.54, 1.807) is 12.2 Å². The number of carbonyl (C=O) groups is 1. The van der Waals surface area contributed by atoms with Crippen molar-refractivity contribution in [2.45, 2.75) is 63.8 Å². The Labute approximate surface area is 194 Å². The van der Waals surface area contributed by atoms with E-state index in [-0.39, 0.29) is 11.9 Å². The topological polar surface area (TPSA) is 41.6 Å². The van der Waals surface area contributed by atoms with Gasteiger partial charge in [-0.3, -0.25) is 9.69 Å². The molecule has 4 nitrogen and oxygen atoms in total. The van der Waals surface area contributed by atoms with Crippen molar-refractivity contribution in [3.8, 4) is 0 Å². The molecule has 1 aromatic carbocycles. The van der Waals surface area contributed by atoms with Crippen LogP contribution in [0, 0.1) is 0 Å². The van der Waals surface area contributed by atoms with Crippen LogP contribution in [0.5, 0.6) is 0 Å². The minimum absolute atomic E-state index is 0.180. The van der Waals surface area contributed by atoms with Crippen molar-refractivity contribution in [1.82, 2.24) is 10.2 Å². The van der Waals surface area contributed by atoms with E-state index in [9.17, 15) is 18.0 Å². The van der Waals surface area contributed by atoms with Crippen molar-refractivity contribution >= 4 is 5.97 Å². The van der Waals surface area contributed by atoms with E-state index in [4.69, 9.17) is 4.74 Å². The number of ether oxygens (including phenoxy) is 1. The molecule has 1 aromatic rings. The number of allylic oxidation sites excluding steroid dienone is 6. The van der Waals surface area contributed by atoms with E-state index in [1.165, 1.54) is 6.08 Å². The second-order valence-corrected chi connectivity index (χ2v) is 9.05. The molecule has 180 valence electrons.